The minimum absolute atomic E-state index is 0.0710. The van der Waals surface area contributed by atoms with Gasteiger partial charge in [-0.2, -0.15) is 11.8 Å². The monoisotopic (exact) mass is 466 g/mol. The van der Waals surface area contributed by atoms with Gasteiger partial charge in [0.1, 0.15) is 19.2 Å². The van der Waals surface area contributed by atoms with Crippen LogP contribution in [0, 0.1) is 12.3 Å². The summed E-state index contributed by atoms with van der Waals surface area (Å²) in [5, 5.41) is 11.7. The lowest BCUT2D eigenvalue weighted by Gasteiger charge is -2.25. The van der Waals surface area contributed by atoms with E-state index in [4.69, 9.17) is 16.3 Å². The number of alkyl carbamates (subject to hydrolysis) is 1. The molecular weight excluding hydrogens is 440 g/mol. The molecular formula is C25H26N2O5S. The standard InChI is InChI=1S/C25H26N2O5S/c1-3-8-22(24(30)27(13-14-33-2)15-23(28)29)26-25(31)32-16-21-19-11-6-4-9-17(19)18-10-5-7-12-20(18)21/h1,4-7,9-12,21-22H,8,13-16H2,2H3,(H,26,31)(H,28,29). The van der Waals surface area contributed by atoms with Gasteiger partial charge < -0.3 is 20.1 Å². The number of thioether (sulfide) groups is 1. The number of hydrogen-bond acceptors (Lipinski definition) is 5. The van der Waals surface area contributed by atoms with E-state index in [1.807, 2.05) is 54.8 Å². The van der Waals surface area contributed by atoms with E-state index in [1.165, 1.54) is 16.7 Å². The van der Waals surface area contributed by atoms with Gasteiger partial charge in [-0.25, -0.2) is 4.79 Å². The average Bonchev–Trinajstić information content (AvgIpc) is 3.13. The topological polar surface area (TPSA) is 95.9 Å². The number of rotatable bonds is 10. The van der Waals surface area contributed by atoms with Crippen LogP contribution in [-0.4, -0.2) is 65.7 Å². The van der Waals surface area contributed by atoms with Crippen molar-refractivity contribution in [3.05, 3.63) is 59.7 Å². The van der Waals surface area contributed by atoms with Crippen LogP contribution in [0.4, 0.5) is 4.79 Å². The first-order chi connectivity index (χ1) is 16.0. The molecule has 1 unspecified atom stereocenters. The first-order valence-electron chi connectivity index (χ1n) is 10.5. The molecule has 2 aromatic rings. The van der Waals surface area contributed by atoms with Gasteiger partial charge in [-0.05, 0) is 28.5 Å². The number of amides is 2. The van der Waals surface area contributed by atoms with E-state index >= 15 is 0 Å². The summed E-state index contributed by atoms with van der Waals surface area (Å²) in [7, 11) is 0. The van der Waals surface area contributed by atoms with Crippen molar-refractivity contribution in [2.24, 2.45) is 0 Å². The molecule has 1 aliphatic rings. The zero-order valence-corrected chi connectivity index (χ0v) is 19.1. The number of carbonyl (C=O) groups excluding carboxylic acids is 2. The summed E-state index contributed by atoms with van der Waals surface area (Å²) in [6.07, 6.45) is 6.41. The summed E-state index contributed by atoms with van der Waals surface area (Å²) in [6, 6.07) is 14.9. The smallest absolute Gasteiger partial charge is 0.407 e. The summed E-state index contributed by atoms with van der Waals surface area (Å²) in [5.74, 6) is 1.14. The van der Waals surface area contributed by atoms with E-state index in [1.54, 1.807) is 0 Å². The Bertz CT molecular complexity index is 1020. The molecule has 0 radical (unpaired) electrons. The predicted octanol–water partition coefficient (Wildman–Crippen LogP) is 3.19. The van der Waals surface area contributed by atoms with E-state index in [-0.39, 0.29) is 25.5 Å². The fraction of sp³-hybridized carbons (Fsp3) is 0.320. The molecule has 2 aromatic carbocycles. The second-order valence-electron chi connectivity index (χ2n) is 7.58. The van der Waals surface area contributed by atoms with Crippen LogP contribution in [0.1, 0.15) is 23.5 Å². The molecule has 7 nitrogen and oxygen atoms in total. The molecule has 0 aromatic heterocycles. The number of terminal acetylenes is 1. The first kappa shape index (κ1) is 24.2. The first-order valence-corrected chi connectivity index (χ1v) is 11.9. The van der Waals surface area contributed by atoms with Crippen LogP contribution in [-0.2, 0) is 14.3 Å². The summed E-state index contributed by atoms with van der Waals surface area (Å²) in [4.78, 5) is 37.8. The highest BCUT2D eigenvalue weighted by atomic mass is 32.2. The number of benzene rings is 2. The Morgan fingerprint density at radius 3 is 2.30 bits per heavy atom. The van der Waals surface area contributed by atoms with Crippen LogP contribution in [0.25, 0.3) is 11.1 Å². The van der Waals surface area contributed by atoms with Crippen molar-refractivity contribution in [1.29, 1.82) is 0 Å². The SMILES string of the molecule is C#CCC(NC(=O)OCC1c2ccccc2-c2ccccc21)C(=O)N(CCSC)CC(=O)O. The molecule has 3 rings (SSSR count). The van der Waals surface area contributed by atoms with Crippen molar-refractivity contribution in [3.63, 3.8) is 0 Å². The van der Waals surface area contributed by atoms with E-state index < -0.39 is 30.6 Å². The maximum absolute atomic E-state index is 12.9. The van der Waals surface area contributed by atoms with Crippen LogP contribution in [0.15, 0.2) is 48.5 Å². The summed E-state index contributed by atoms with van der Waals surface area (Å²) >= 11 is 1.49. The lowest BCUT2D eigenvalue weighted by atomic mass is 9.98. The number of hydrogen-bond donors (Lipinski definition) is 2. The number of carboxylic acids is 1. The fourth-order valence-electron chi connectivity index (χ4n) is 3.95. The molecule has 2 N–H and O–H groups in total. The van der Waals surface area contributed by atoms with Crippen LogP contribution >= 0.6 is 11.8 Å². The van der Waals surface area contributed by atoms with E-state index in [9.17, 15) is 14.4 Å². The molecule has 0 heterocycles. The number of ether oxygens (including phenoxy) is 1. The highest BCUT2D eigenvalue weighted by molar-refractivity contribution is 7.98. The second kappa shape index (κ2) is 11.4. The number of aliphatic carboxylic acids is 1. The molecule has 0 saturated heterocycles. The van der Waals surface area contributed by atoms with Crippen molar-refractivity contribution >= 4 is 29.7 Å². The molecule has 1 aliphatic carbocycles. The van der Waals surface area contributed by atoms with Gasteiger partial charge in [-0.1, -0.05) is 48.5 Å². The van der Waals surface area contributed by atoms with Gasteiger partial charge in [0.05, 0.1) is 0 Å². The van der Waals surface area contributed by atoms with Crippen LogP contribution in [0.3, 0.4) is 0 Å². The number of carboxylic acid groups (broad SMARTS) is 1. The van der Waals surface area contributed by atoms with Crippen molar-refractivity contribution in [3.8, 4) is 23.5 Å². The third kappa shape index (κ3) is 5.88. The Balaban J connectivity index is 1.67. The quantitative estimate of drug-likeness (QED) is 0.522. The van der Waals surface area contributed by atoms with Gasteiger partial charge in [0, 0.05) is 24.6 Å². The van der Waals surface area contributed by atoms with E-state index in [2.05, 4.69) is 11.2 Å². The Labute approximate surface area is 197 Å². The van der Waals surface area contributed by atoms with E-state index in [0.717, 1.165) is 22.3 Å². The second-order valence-corrected chi connectivity index (χ2v) is 8.56. The third-order valence-electron chi connectivity index (χ3n) is 5.46. The van der Waals surface area contributed by atoms with Gasteiger partial charge >= 0.3 is 12.1 Å². The number of fused-ring (bicyclic) bond motifs is 3. The number of nitrogens with zero attached hydrogens (tertiary/aromatic N) is 1. The molecule has 2 amide bonds. The van der Waals surface area contributed by atoms with Gasteiger partial charge in [-0.3, -0.25) is 9.59 Å². The largest absolute Gasteiger partial charge is 0.480 e. The number of nitrogens with one attached hydrogen (secondary N) is 1. The summed E-state index contributed by atoms with van der Waals surface area (Å²) < 4.78 is 5.50. The minimum atomic E-state index is -1.13. The zero-order valence-electron chi connectivity index (χ0n) is 18.3. The highest BCUT2D eigenvalue weighted by Crippen LogP contribution is 2.44. The Morgan fingerprint density at radius 2 is 1.76 bits per heavy atom. The van der Waals surface area contributed by atoms with Crippen molar-refractivity contribution in [2.45, 2.75) is 18.4 Å². The molecule has 0 spiro atoms. The molecule has 1 atom stereocenters. The fourth-order valence-corrected chi connectivity index (χ4v) is 4.36. The summed E-state index contributed by atoms with van der Waals surface area (Å²) in [6.45, 7) is -0.130. The van der Waals surface area contributed by atoms with Crippen molar-refractivity contribution < 1.29 is 24.2 Å². The van der Waals surface area contributed by atoms with Gasteiger partial charge in [0.15, 0.2) is 0 Å². The Morgan fingerprint density at radius 1 is 1.15 bits per heavy atom. The molecule has 8 heteroatoms. The van der Waals surface area contributed by atoms with Gasteiger partial charge in [0.2, 0.25) is 5.91 Å². The molecule has 0 aliphatic heterocycles. The molecule has 33 heavy (non-hydrogen) atoms. The van der Waals surface area contributed by atoms with Crippen molar-refractivity contribution in [1.82, 2.24) is 10.2 Å². The molecule has 172 valence electrons. The normalized spacial score (nSPS) is 12.7. The van der Waals surface area contributed by atoms with Crippen LogP contribution in [0.5, 0.6) is 0 Å². The highest BCUT2D eigenvalue weighted by Gasteiger charge is 2.30. The molecule has 0 saturated carbocycles. The van der Waals surface area contributed by atoms with Crippen LogP contribution < -0.4 is 5.32 Å². The van der Waals surface area contributed by atoms with Gasteiger partial charge in [-0.15, -0.1) is 12.3 Å². The lowest BCUT2D eigenvalue weighted by molar-refractivity contribution is -0.145. The van der Waals surface area contributed by atoms with Gasteiger partial charge in [0.25, 0.3) is 0 Å². The Kier molecular flexibility index (Phi) is 8.39. The van der Waals surface area contributed by atoms with Crippen molar-refractivity contribution in [2.75, 3.05) is 31.7 Å². The molecule has 0 fully saturated rings. The lowest BCUT2D eigenvalue weighted by Crippen LogP contribution is -2.50. The van der Waals surface area contributed by atoms with Crippen LogP contribution in [0.2, 0.25) is 0 Å². The zero-order chi connectivity index (χ0) is 23.8. The maximum atomic E-state index is 12.9. The Hall–Kier alpha value is -3.44. The van der Waals surface area contributed by atoms with E-state index in [0.29, 0.717) is 5.75 Å². The minimum Gasteiger partial charge on any atom is -0.480 e. The average molecular weight is 467 g/mol. The third-order valence-corrected chi connectivity index (χ3v) is 6.05. The summed E-state index contributed by atoms with van der Waals surface area (Å²) in [5.41, 5.74) is 4.38. The predicted molar refractivity (Wildman–Crippen MR) is 128 cm³/mol. The maximum Gasteiger partial charge on any atom is 0.407 e. The molecule has 0 bridgehead atoms. The number of carbonyl (C=O) groups is 3.